The van der Waals surface area contributed by atoms with Gasteiger partial charge in [0, 0.05) is 18.9 Å². The molecule has 0 atom stereocenters. The van der Waals surface area contributed by atoms with Gasteiger partial charge >= 0.3 is 5.97 Å². The SMILES string of the molecule is CCOC(=O)/C=C(\N)c1ccc(OCOC)cc1. The fourth-order valence-electron chi connectivity index (χ4n) is 1.26. The molecule has 0 aliphatic carbocycles. The summed E-state index contributed by atoms with van der Waals surface area (Å²) in [6, 6.07) is 7.02. The van der Waals surface area contributed by atoms with Crippen LogP contribution in [0, 0.1) is 0 Å². The largest absolute Gasteiger partial charge is 0.468 e. The number of ether oxygens (including phenoxy) is 3. The Morgan fingerprint density at radius 1 is 1.33 bits per heavy atom. The van der Waals surface area contributed by atoms with Crippen molar-refractivity contribution < 1.29 is 19.0 Å². The molecule has 0 bridgehead atoms. The molecule has 0 saturated heterocycles. The first-order chi connectivity index (χ1) is 8.67. The van der Waals surface area contributed by atoms with Gasteiger partial charge < -0.3 is 19.9 Å². The molecule has 18 heavy (non-hydrogen) atoms. The number of nitrogens with two attached hydrogens (primary N) is 1. The molecular weight excluding hydrogens is 234 g/mol. The van der Waals surface area contributed by atoms with Crippen molar-refractivity contribution in [3.63, 3.8) is 0 Å². The minimum absolute atomic E-state index is 0.188. The lowest BCUT2D eigenvalue weighted by atomic mass is 10.1. The van der Waals surface area contributed by atoms with Gasteiger partial charge in [0.2, 0.25) is 0 Å². The summed E-state index contributed by atoms with van der Waals surface area (Å²) < 4.78 is 14.8. The highest BCUT2D eigenvalue weighted by molar-refractivity contribution is 5.90. The van der Waals surface area contributed by atoms with E-state index in [1.807, 2.05) is 0 Å². The molecule has 0 aliphatic heterocycles. The van der Waals surface area contributed by atoms with E-state index < -0.39 is 5.97 Å². The highest BCUT2D eigenvalue weighted by Gasteiger charge is 2.02. The van der Waals surface area contributed by atoms with Crippen LogP contribution in [0.5, 0.6) is 5.75 Å². The van der Waals surface area contributed by atoms with E-state index >= 15 is 0 Å². The van der Waals surface area contributed by atoms with Crippen molar-refractivity contribution in [1.29, 1.82) is 0 Å². The van der Waals surface area contributed by atoms with Gasteiger partial charge in [-0.15, -0.1) is 0 Å². The third-order valence-electron chi connectivity index (χ3n) is 2.09. The molecule has 5 nitrogen and oxygen atoms in total. The van der Waals surface area contributed by atoms with E-state index in [-0.39, 0.29) is 6.79 Å². The minimum Gasteiger partial charge on any atom is -0.468 e. The number of carbonyl (C=O) groups excluding carboxylic acids is 1. The van der Waals surface area contributed by atoms with Gasteiger partial charge in [-0.1, -0.05) is 0 Å². The summed E-state index contributed by atoms with van der Waals surface area (Å²) in [4.78, 5) is 11.2. The van der Waals surface area contributed by atoms with Crippen LogP contribution in [0.1, 0.15) is 12.5 Å². The van der Waals surface area contributed by atoms with Crippen LogP contribution in [-0.4, -0.2) is 26.5 Å². The van der Waals surface area contributed by atoms with E-state index in [1.165, 1.54) is 6.08 Å². The molecule has 0 amide bonds. The molecule has 5 heteroatoms. The first-order valence-corrected chi connectivity index (χ1v) is 5.53. The van der Waals surface area contributed by atoms with Gasteiger partial charge in [-0.2, -0.15) is 0 Å². The number of benzene rings is 1. The minimum atomic E-state index is -0.449. The van der Waals surface area contributed by atoms with Crippen molar-refractivity contribution in [3.05, 3.63) is 35.9 Å². The summed E-state index contributed by atoms with van der Waals surface area (Å²) in [7, 11) is 1.55. The third kappa shape index (κ3) is 4.47. The summed E-state index contributed by atoms with van der Waals surface area (Å²) in [6.45, 7) is 2.25. The van der Waals surface area contributed by atoms with Crippen LogP contribution < -0.4 is 10.5 Å². The number of hydrogen-bond acceptors (Lipinski definition) is 5. The van der Waals surface area contributed by atoms with Crippen molar-refractivity contribution in [1.82, 2.24) is 0 Å². The van der Waals surface area contributed by atoms with E-state index in [1.54, 1.807) is 38.3 Å². The zero-order valence-electron chi connectivity index (χ0n) is 10.5. The van der Waals surface area contributed by atoms with Gasteiger partial charge in [0.1, 0.15) is 5.75 Å². The molecule has 1 aromatic rings. The average Bonchev–Trinajstić information content (AvgIpc) is 2.37. The number of esters is 1. The molecule has 0 saturated carbocycles. The zero-order valence-corrected chi connectivity index (χ0v) is 10.5. The fraction of sp³-hybridized carbons (Fsp3) is 0.308. The van der Waals surface area contributed by atoms with Crippen LogP contribution in [0.2, 0.25) is 0 Å². The Kier molecular flexibility index (Phi) is 5.73. The molecular formula is C13H17NO4. The first-order valence-electron chi connectivity index (χ1n) is 5.53. The molecule has 0 spiro atoms. The van der Waals surface area contributed by atoms with Crippen molar-refractivity contribution in [3.8, 4) is 5.75 Å². The average molecular weight is 251 g/mol. The maximum atomic E-state index is 11.2. The highest BCUT2D eigenvalue weighted by Crippen LogP contribution is 2.15. The third-order valence-corrected chi connectivity index (χ3v) is 2.09. The van der Waals surface area contributed by atoms with Crippen LogP contribution in [0.25, 0.3) is 5.70 Å². The van der Waals surface area contributed by atoms with Gasteiger partial charge in [-0.05, 0) is 36.8 Å². The molecule has 0 unspecified atom stereocenters. The van der Waals surface area contributed by atoms with E-state index in [0.717, 1.165) is 5.56 Å². The standard InChI is InChI=1S/C13H17NO4/c1-3-17-13(15)8-12(14)10-4-6-11(7-5-10)18-9-16-2/h4-8H,3,9,14H2,1-2H3/b12-8-. The monoisotopic (exact) mass is 251 g/mol. The maximum absolute atomic E-state index is 11.2. The Hall–Kier alpha value is -2.01. The zero-order chi connectivity index (χ0) is 13.4. The summed E-state index contributed by atoms with van der Waals surface area (Å²) in [6.07, 6.45) is 1.26. The van der Waals surface area contributed by atoms with E-state index in [9.17, 15) is 4.79 Å². The van der Waals surface area contributed by atoms with E-state index in [2.05, 4.69) is 0 Å². The summed E-state index contributed by atoms with van der Waals surface area (Å²) >= 11 is 0. The number of methoxy groups -OCH3 is 1. The van der Waals surface area contributed by atoms with Gasteiger partial charge in [0.25, 0.3) is 0 Å². The van der Waals surface area contributed by atoms with Crippen molar-refractivity contribution in [2.75, 3.05) is 20.5 Å². The Bertz CT molecular complexity index is 412. The van der Waals surface area contributed by atoms with Gasteiger partial charge in [0.05, 0.1) is 6.61 Å². The summed E-state index contributed by atoms with van der Waals surface area (Å²) in [5.74, 6) is 0.222. The lowest BCUT2D eigenvalue weighted by molar-refractivity contribution is -0.137. The number of rotatable bonds is 6. The molecule has 98 valence electrons. The lowest BCUT2D eigenvalue weighted by Crippen LogP contribution is -2.05. The molecule has 0 heterocycles. The smallest absolute Gasteiger partial charge is 0.332 e. The topological polar surface area (TPSA) is 70.8 Å². The van der Waals surface area contributed by atoms with Gasteiger partial charge in [-0.3, -0.25) is 0 Å². The lowest BCUT2D eigenvalue weighted by Gasteiger charge is -2.06. The number of hydrogen-bond donors (Lipinski definition) is 1. The normalized spacial score (nSPS) is 11.1. The van der Waals surface area contributed by atoms with Gasteiger partial charge in [-0.25, -0.2) is 4.79 Å². The Balaban J connectivity index is 2.69. The highest BCUT2D eigenvalue weighted by atomic mass is 16.7. The van der Waals surface area contributed by atoms with E-state index in [4.69, 9.17) is 19.9 Å². The van der Waals surface area contributed by atoms with Crippen LogP contribution in [-0.2, 0) is 14.3 Å². The van der Waals surface area contributed by atoms with Crippen LogP contribution in [0.15, 0.2) is 30.3 Å². The number of carbonyl (C=O) groups is 1. The predicted octanol–water partition coefficient (Wildman–Crippen LogP) is 1.53. The molecule has 0 aliphatic rings. The molecule has 0 aromatic heterocycles. The Morgan fingerprint density at radius 2 is 2.00 bits per heavy atom. The second-order valence-corrected chi connectivity index (χ2v) is 3.43. The summed E-state index contributed by atoms with van der Waals surface area (Å²) in [5.41, 5.74) is 6.85. The second kappa shape index (κ2) is 7.34. The van der Waals surface area contributed by atoms with Crippen LogP contribution >= 0.6 is 0 Å². The van der Waals surface area contributed by atoms with Gasteiger partial charge in [0.15, 0.2) is 6.79 Å². The quantitative estimate of drug-likeness (QED) is 0.471. The first kappa shape index (κ1) is 14.1. The predicted molar refractivity (Wildman–Crippen MR) is 67.7 cm³/mol. The molecule has 1 aromatic carbocycles. The molecule has 0 radical (unpaired) electrons. The molecule has 1 rings (SSSR count). The van der Waals surface area contributed by atoms with Crippen LogP contribution in [0.3, 0.4) is 0 Å². The van der Waals surface area contributed by atoms with Crippen molar-refractivity contribution >= 4 is 11.7 Å². The Morgan fingerprint density at radius 3 is 2.56 bits per heavy atom. The van der Waals surface area contributed by atoms with Crippen LogP contribution in [0.4, 0.5) is 0 Å². The van der Waals surface area contributed by atoms with Crippen molar-refractivity contribution in [2.24, 2.45) is 5.73 Å². The molecule has 0 fully saturated rings. The molecule has 2 N–H and O–H groups in total. The maximum Gasteiger partial charge on any atom is 0.332 e. The Labute approximate surface area is 106 Å². The summed E-state index contributed by atoms with van der Waals surface area (Å²) in [5, 5.41) is 0. The van der Waals surface area contributed by atoms with Crippen molar-refractivity contribution in [2.45, 2.75) is 6.92 Å². The fourth-order valence-corrected chi connectivity index (χ4v) is 1.26. The van der Waals surface area contributed by atoms with E-state index in [0.29, 0.717) is 18.1 Å². The second-order valence-electron chi connectivity index (χ2n) is 3.43.